The van der Waals surface area contributed by atoms with Gasteiger partial charge >= 0.3 is 0 Å². The van der Waals surface area contributed by atoms with Crippen molar-refractivity contribution in [2.75, 3.05) is 0 Å². The Morgan fingerprint density at radius 1 is 1.00 bits per heavy atom. The lowest BCUT2D eigenvalue weighted by atomic mass is 10.0. The molecule has 0 fully saturated rings. The van der Waals surface area contributed by atoms with Gasteiger partial charge in [0.25, 0.3) is 0 Å². The largest absolute Gasteiger partial charge is 0.248 e. The van der Waals surface area contributed by atoms with E-state index in [9.17, 15) is 0 Å². The van der Waals surface area contributed by atoms with E-state index in [1.165, 1.54) is 6.33 Å². The van der Waals surface area contributed by atoms with E-state index < -0.39 is 0 Å². The van der Waals surface area contributed by atoms with E-state index in [1.54, 1.807) is 11.0 Å². The lowest BCUT2D eigenvalue weighted by molar-refractivity contribution is 0.711. The molecule has 0 saturated heterocycles. The molecule has 3 aromatic rings. The van der Waals surface area contributed by atoms with Crippen LogP contribution in [0.5, 0.6) is 0 Å². The van der Waals surface area contributed by atoms with Crippen LogP contribution in [0, 0.1) is 0 Å². The van der Waals surface area contributed by atoms with Gasteiger partial charge in [-0.25, -0.2) is 9.67 Å². The third-order valence-corrected chi connectivity index (χ3v) is 3.93. The average Bonchev–Trinajstić information content (AvgIpc) is 3.06. The van der Waals surface area contributed by atoms with Crippen LogP contribution >= 0.6 is 23.2 Å². The van der Waals surface area contributed by atoms with Crippen LogP contribution in [0.25, 0.3) is 10.6 Å². The minimum Gasteiger partial charge on any atom is -0.248 e. The van der Waals surface area contributed by atoms with E-state index >= 15 is 0 Å². The summed E-state index contributed by atoms with van der Waals surface area (Å²) in [5, 5.41) is 5.51. The van der Waals surface area contributed by atoms with Gasteiger partial charge in [-0.05, 0) is 23.3 Å². The van der Waals surface area contributed by atoms with Crippen molar-refractivity contribution in [3.63, 3.8) is 0 Å². The number of allylic oxidation sites excluding steroid dienone is 1. The molecule has 5 heteroatoms. The van der Waals surface area contributed by atoms with Crippen molar-refractivity contribution in [1.82, 2.24) is 14.8 Å². The summed E-state index contributed by atoms with van der Waals surface area (Å²) in [6, 6.07) is 17.5. The highest BCUT2D eigenvalue weighted by molar-refractivity contribution is 6.52. The third-order valence-electron chi connectivity index (χ3n) is 3.25. The zero-order chi connectivity index (χ0) is 15.4. The summed E-state index contributed by atoms with van der Waals surface area (Å²) in [5.74, 6) is 0. The Kier molecular flexibility index (Phi) is 4.56. The Bertz CT molecular complexity index is 781. The molecule has 0 bridgehead atoms. The molecule has 22 heavy (non-hydrogen) atoms. The number of nitrogens with zero attached hydrogens (tertiary/aromatic N) is 3. The van der Waals surface area contributed by atoms with Crippen molar-refractivity contribution in [3.05, 3.63) is 83.4 Å². The summed E-state index contributed by atoms with van der Waals surface area (Å²) in [5.41, 5.74) is 2.87. The summed E-state index contributed by atoms with van der Waals surface area (Å²) in [6.07, 6.45) is 3.17. The zero-order valence-electron chi connectivity index (χ0n) is 11.7. The molecule has 0 radical (unpaired) electrons. The lowest BCUT2D eigenvalue weighted by Gasteiger charge is -2.12. The van der Waals surface area contributed by atoms with E-state index in [4.69, 9.17) is 23.2 Å². The van der Waals surface area contributed by atoms with Gasteiger partial charge in [-0.3, -0.25) is 0 Å². The Labute approximate surface area is 138 Å². The highest BCUT2D eigenvalue weighted by Gasteiger charge is 2.11. The highest BCUT2D eigenvalue weighted by Crippen LogP contribution is 2.31. The molecule has 1 heterocycles. The van der Waals surface area contributed by atoms with Crippen LogP contribution < -0.4 is 0 Å². The second-order valence-corrected chi connectivity index (χ2v) is 5.58. The van der Waals surface area contributed by atoms with E-state index in [0.717, 1.165) is 16.7 Å². The monoisotopic (exact) mass is 329 g/mol. The van der Waals surface area contributed by atoms with Gasteiger partial charge in [-0.1, -0.05) is 65.7 Å². The molecule has 0 atom stereocenters. The molecule has 1 aromatic heterocycles. The SMILES string of the molecule is ClC(=C(Cn1cncn1)c1cccc(Cl)c1)c1ccccc1. The van der Waals surface area contributed by atoms with E-state index in [-0.39, 0.29) is 0 Å². The topological polar surface area (TPSA) is 30.7 Å². The van der Waals surface area contributed by atoms with Gasteiger partial charge in [-0.15, -0.1) is 0 Å². The van der Waals surface area contributed by atoms with Crippen molar-refractivity contribution in [2.24, 2.45) is 0 Å². The molecule has 0 spiro atoms. The Balaban J connectivity index is 2.10. The van der Waals surface area contributed by atoms with Gasteiger partial charge in [0.05, 0.1) is 11.6 Å². The summed E-state index contributed by atoms with van der Waals surface area (Å²) in [6.45, 7) is 0.522. The third kappa shape index (κ3) is 3.38. The Morgan fingerprint density at radius 3 is 2.45 bits per heavy atom. The molecule has 3 nitrogen and oxygen atoms in total. The lowest BCUT2D eigenvalue weighted by Crippen LogP contribution is -2.02. The molecular formula is C17H13Cl2N3. The fourth-order valence-electron chi connectivity index (χ4n) is 2.20. The number of halogens is 2. The van der Waals surface area contributed by atoms with Crippen LogP contribution in [0.2, 0.25) is 5.02 Å². The molecule has 0 saturated carbocycles. The van der Waals surface area contributed by atoms with Crippen LogP contribution in [-0.2, 0) is 6.54 Å². The van der Waals surface area contributed by atoms with Gasteiger partial charge in [0.15, 0.2) is 0 Å². The molecule has 110 valence electrons. The number of aromatic nitrogens is 3. The van der Waals surface area contributed by atoms with Crippen molar-refractivity contribution < 1.29 is 0 Å². The van der Waals surface area contributed by atoms with Gasteiger partial charge in [0, 0.05) is 10.6 Å². The number of hydrogen-bond acceptors (Lipinski definition) is 2. The smallest absolute Gasteiger partial charge is 0.137 e. The van der Waals surface area contributed by atoms with Gasteiger partial charge in [-0.2, -0.15) is 5.10 Å². The fraction of sp³-hybridized carbons (Fsp3) is 0.0588. The maximum absolute atomic E-state index is 6.65. The Hall–Kier alpha value is -2.10. The summed E-state index contributed by atoms with van der Waals surface area (Å²) < 4.78 is 1.74. The number of hydrogen-bond donors (Lipinski definition) is 0. The van der Waals surface area contributed by atoms with Crippen LogP contribution in [0.3, 0.4) is 0 Å². The van der Waals surface area contributed by atoms with Gasteiger partial charge < -0.3 is 0 Å². The van der Waals surface area contributed by atoms with Crippen LogP contribution in [0.4, 0.5) is 0 Å². The second-order valence-electron chi connectivity index (χ2n) is 4.76. The fourth-order valence-corrected chi connectivity index (χ4v) is 2.68. The van der Waals surface area contributed by atoms with Crippen LogP contribution in [0.1, 0.15) is 11.1 Å². The van der Waals surface area contributed by atoms with Gasteiger partial charge in [0.1, 0.15) is 12.7 Å². The van der Waals surface area contributed by atoms with E-state index in [0.29, 0.717) is 16.6 Å². The first kappa shape index (κ1) is 14.8. The van der Waals surface area contributed by atoms with E-state index in [2.05, 4.69) is 10.1 Å². The summed E-state index contributed by atoms with van der Waals surface area (Å²) in [4.78, 5) is 3.98. The first-order valence-corrected chi connectivity index (χ1v) is 7.52. The number of rotatable bonds is 4. The molecule has 0 aliphatic heterocycles. The highest BCUT2D eigenvalue weighted by atomic mass is 35.5. The normalized spacial score (nSPS) is 12.1. The van der Waals surface area contributed by atoms with Crippen molar-refractivity contribution in [3.8, 4) is 0 Å². The van der Waals surface area contributed by atoms with E-state index in [1.807, 2.05) is 54.6 Å². The first-order valence-electron chi connectivity index (χ1n) is 6.76. The molecule has 3 rings (SSSR count). The standard InChI is InChI=1S/C17H13Cl2N3/c18-15-8-4-7-14(9-15)16(10-22-12-20-11-21-22)17(19)13-5-2-1-3-6-13/h1-9,11-12H,10H2. The molecule has 0 amide bonds. The molecule has 0 aliphatic rings. The molecule has 0 unspecified atom stereocenters. The Morgan fingerprint density at radius 2 is 1.77 bits per heavy atom. The summed E-state index contributed by atoms with van der Waals surface area (Å²) in [7, 11) is 0. The molecule has 2 aromatic carbocycles. The predicted octanol–water partition coefficient (Wildman–Crippen LogP) is 4.74. The number of benzene rings is 2. The first-order chi connectivity index (χ1) is 10.7. The maximum atomic E-state index is 6.65. The maximum Gasteiger partial charge on any atom is 0.137 e. The predicted molar refractivity (Wildman–Crippen MR) is 90.6 cm³/mol. The minimum absolute atomic E-state index is 0.522. The van der Waals surface area contributed by atoms with Crippen LogP contribution in [-0.4, -0.2) is 14.8 Å². The summed E-state index contributed by atoms with van der Waals surface area (Å²) >= 11 is 12.8. The van der Waals surface area contributed by atoms with Crippen LogP contribution in [0.15, 0.2) is 67.3 Å². The molecule has 0 aliphatic carbocycles. The average molecular weight is 330 g/mol. The van der Waals surface area contributed by atoms with Crippen molar-refractivity contribution in [2.45, 2.75) is 6.54 Å². The molecular weight excluding hydrogens is 317 g/mol. The van der Waals surface area contributed by atoms with Crippen molar-refractivity contribution in [1.29, 1.82) is 0 Å². The minimum atomic E-state index is 0.522. The molecule has 0 N–H and O–H groups in total. The van der Waals surface area contributed by atoms with Gasteiger partial charge in [0.2, 0.25) is 0 Å². The zero-order valence-corrected chi connectivity index (χ0v) is 13.2. The van der Waals surface area contributed by atoms with Crippen molar-refractivity contribution >= 4 is 33.8 Å². The quantitative estimate of drug-likeness (QED) is 0.647. The second kappa shape index (κ2) is 6.77.